The Morgan fingerprint density at radius 1 is 1.44 bits per heavy atom. The van der Waals surface area contributed by atoms with Gasteiger partial charge in [0.1, 0.15) is 0 Å². The van der Waals surface area contributed by atoms with Crippen molar-refractivity contribution in [3.8, 4) is 0 Å². The molecule has 1 fully saturated rings. The monoisotopic (exact) mass is 330 g/mol. The highest BCUT2D eigenvalue weighted by Gasteiger charge is 2.14. The Hall–Kier alpha value is -0.620. The Balaban J connectivity index is 1.85. The Bertz CT molecular complexity index is 358. The second-order valence-corrected chi connectivity index (χ2v) is 5.26. The molecule has 1 amide bonds. The summed E-state index contributed by atoms with van der Waals surface area (Å²) in [7, 11) is 0. The van der Waals surface area contributed by atoms with Gasteiger partial charge in [-0.1, -0.05) is 0 Å². The normalized spacial score (nSPS) is 19.7. The van der Waals surface area contributed by atoms with Gasteiger partial charge in [0.05, 0.1) is 0 Å². The van der Waals surface area contributed by atoms with E-state index in [1.54, 1.807) is 0 Å². The SMILES string of the molecule is O=C(NCC1CCCN1)c1ccc(I)cc1. The predicted molar refractivity (Wildman–Crippen MR) is 72.5 cm³/mol. The van der Waals surface area contributed by atoms with Crippen molar-refractivity contribution in [2.45, 2.75) is 18.9 Å². The van der Waals surface area contributed by atoms with Crippen molar-refractivity contribution in [3.63, 3.8) is 0 Å². The van der Waals surface area contributed by atoms with Crippen LogP contribution in [0, 0.1) is 3.57 Å². The molecule has 1 aliphatic rings. The lowest BCUT2D eigenvalue weighted by atomic mass is 10.2. The van der Waals surface area contributed by atoms with Gasteiger partial charge in [-0.2, -0.15) is 0 Å². The molecule has 2 rings (SSSR count). The molecule has 0 radical (unpaired) electrons. The molecule has 0 aliphatic carbocycles. The molecule has 2 N–H and O–H groups in total. The van der Waals surface area contributed by atoms with Crippen molar-refractivity contribution < 1.29 is 4.79 Å². The molecule has 3 nitrogen and oxygen atoms in total. The van der Waals surface area contributed by atoms with E-state index in [4.69, 9.17) is 0 Å². The molecule has 1 aliphatic heterocycles. The quantitative estimate of drug-likeness (QED) is 0.830. The molecular weight excluding hydrogens is 315 g/mol. The van der Waals surface area contributed by atoms with Crippen LogP contribution in [0.2, 0.25) is 0 Å². The van der Waals surface area contributed by atoms with Gasteiger partial charge in [-0.25, -0.2) is 0 Å². The van der Waals surface area contributed by atoms with Crippen molar-refractivity contribution in [2.75, 3.05) is 13.1 Å². The number of benzene rings is 1. The average molecular weight is 330 g/mol. The van der Waals surface area contributed by atoms with Crippen molar-refractivity contribution in [3.05, 3.63) is 33.4 Å². The summed E-state index contributed by atoms with van der Waals surface area (Å²) in [5.41, 5.74) is 0.735. The summed E-state index contributed by atoms with van der Waals surface area (Å²) in [6, 6.07) is 8.07. The molecule has 1 unspecified atom stereocenters. The Morgan fingerprint density at radius 3 is 2.81 bits per heavy atom. The highest BCUT2D eigenvalue weighted by molar-refractivity contribution is 14.1. The van der Waals surface area contributed by atoms with Gasteiger partial charge in [-0.3, -0.25) is 4.79 Å². The third-order valence-corrected chi connectivity index (χ3v) is 3.50. The zero-order chi connectivity index (χ0) is 11.4. The van der Waals surface area contributed by atoms with E-state index in [0.717, 1.165) is 28.6 Å². The van der Waals surface area contributed by atoms with E-state index in [-0.39, 0.29) is 5.91 Å². The van der Waals surface area contributed by atoms with Gasteiger partial charge in [-0.15, -0.1) is 0 Å². The van der Waals surface area contributed by atoms with Gasteiger partial charge in [0.2, 0.25) is 0 Å². The molecular formula is C12H15IN2O. The maximum Gasteiger partial charge on any atom is 0.251 e. The number of carbonyl (C=O) groups is 1. The largest absolute Gasteiger partial charge is 0.350 e. The van der Waals surface area contributed by atoms with Crippen LogP contribution in [-0.2, 0) is 0 Å². The second kappa shape index (κ2) is 5.63. The van der Waals surface area contributed by atoms with E-state index in [9.17, 15) is 4.79 Å². The standard InChI is InChI=1S/C12H15IN2O/c13-10-5-3-9(4-6-10)12(16)15-8-11-2-1-7-14-11/h3-6,11,14H,1-2,7-8H2,(H,15,16). The fourth-order valence-electron chi connectivity index (χ4n) is 1.85. The van der Waals surface area contributed by atoms with E-state index in [2.05, 4.69) is 33.2 Å². The fraction of sp³-hybridized carbons (Fsp3) is 0.417. The van der Waals surface area contributed by atoms with Gasteiger partial charge < -0.3 is 10.6 Å². The van der Waals surface area contributed by atoms with Crippen LogP contribution in [0.4, 0.5) is 0 Å². The molecule has 0 saturated carbocycles. The first-order chi connectivity index (χ1) is 7.75. The van der Waals surface area contributed by atoms with Crippen LogP contribution in [0.3, 0.4) is 0 Å². The van der Waals surface area contributed by atoms with Crippen molar-refractivity contribution in [2.24, 2.45) is 0 Å². The Labute approximate surface area is 109 Å². The van der Waals surface area contributed by atoms with Crippen molar-refractivity contribution >= 4 is 28.5 Å². The fourth-order valence-corrected chi connectivity index (χ4v) is 2.21. The number of rotatable bonds is 3. The van der Waals surface area contributed by atoms with Gasteiger partial charge in [0.25, 0.3) is 5.91 Å². The Kier molecular flexibility index (Phi) is 4.17. The minimum Gasteiger partial charge on any atom is -0.350 e. The van der Waals surface area contributed by atoms with Crippen LogP contribution >= 0.6 is 22.6 Å². The van der Waals surface area contributed by atoms with Crippen LogP contribution in [0.5, 0.6) is 0 Å². The van der Waals surface area contributed by atoms with E-state index in [1.807, 2.05) is 24.3 Å². The van der Waals surface area contributed by atoms with Crippen LogP contribution in [0.1, 0.15) is 23.2 Å². The smallest absolute Gasteiger partial charge is 0.251 e. The molecule has 0 aromatic heterocycles. The van der Waals surface area contributed by atoms with Crippen molar-refractivity contribution in [1.82, 2.24) is 10.6 Å². The van der Waals surface area contributed by atoms with E-state index < -0.39 is 0 Å². The second-order valence-electron chi connectivity index (χ2n) is 4.01. The van der Waals surface area contributed by atoms with E-state index in [0.29, 0.717) is 6.04 Å². The van der Waals surface area contributed by atoms with Gasteiger partial charge >= 0.3 is 0 Å². The third-order valence-electron chi connectivity index (χ3n) is 2.78. The third kappa shape index (κ3) is 3.18. The highest BCUT2D eigenvalue weighted by atomic mass is 127. The molecule has 0 bridgehead atoms. The molecule has 1 heterocycles. The first-order valence-corrected chi connectivity index (χ1v) is 6.61. The predicted octanol–water partition coefficient (Wildman–Crippen LogP) is 1.77. The lowest BCUT2D eigenvalue weighted by molar-refractivity contribution is 0.0950. The summed E-state index contributed by atoms with van der Waals surface area (Å²) in [4.78, 5) is 11.8. The minimum atomic E-state index is 0.0186. The highest BCUT2D eigenvalue weighted by Crippen LogP contribution is 2.07. The number of halogens is 1. The van der Waals surface area contributed by atoms with Crippen LogP contribution < -0.4 is 10.6 Å². The molecule has 1 saturated heterocycles. The molecule has 1 aromatic carbocycles. The van der Waals surface area contributed by atoms with Crippen LogP contribution in [-0.4, -0.2) is 25.0 Å². The van der Waals surface area contributed by atoms with E-state index in [1.165, 1.54) is 6.42 Å². The summed E-state index contributed by atoms with van der Waals surface area (Å²) < 4.78 is 1.15. The number of hydrogen-bond acceptors (Lipinski definition) is 2. The topological polar surface area (TPSA) is 41.1 Å². The lowest BCUT2D eigenvalue weighted by Gasteiger charge is -2.11. The average Bonchev–Trinajstić information content (AvgIpc) is 2.80. The summed E-state index contributed by atoms with van der Waals surface area (Å²) in [6.07, 6.45) is 2.37. The van der Waals surface area contributed by atoms with Crippen LogP contribution in [0.15, 0.2) is 24.3 Å². The maximum absolute atomic E-state index is 11.8. The minimum absolute atomic E-state index is 0.0186. The zero-order valence-electron chi connectivity index (χ0n) is 9.00. The lowest BCUT2D eigenvalue weighted by Crippen LogP contribution is -2.37. The molecule has 0 spiro atoms. The number of carbonyl (C=O) groups excluding carboxylic acids is 1. The molecule has 1 aromatic rings. The number of nitrogens with one attached hydrogen (secondary N) is 2. The van der Waals surface area contributed by atoms with Gasteiger partial charge in [0.15, 0.2) is 0 Å². The molecule has 4 heteroatoms. The summed E-state index contributed by atoms with van der Waals surface area (Å²) >= 11 is 2.23. The van der Waals surface area contributed by atoms with Gasteiger partial charge in [-0.05, 0) is 66.2 Å². The number of amides is 1. The number of hydrogen-bond donors (Lipinski definition) is 2. The summed E-state index contributed by atoms with van der Waals surface area (Å²) in [5, 5.41) is 6.31. The van der Waals surface area contributed by atoms with Crippen LogP contribution in [0.25, 0.3) is 0 Å². The van der Waals surface area contributed by atoms with E-state index >= 15 is 0 Å². The Morgan fingerprint density at radius 2 is 2.19 bits per heavy atom. The summed E-state index contributed by atoms with van der Waals surface area (Å²) in [6.45, 7) is 1.80. The zero-order valence-corrected chi connectivity index (χ0v) is 11.2. The first kappa shape index (κ1) is 11.9. The molecule has 86 valence electrons. The maximum atomic E-state index is 11.8. The van der Waals surface area contributed by atoms with Crippen molar-refractivity contribution in [1.29, 1.82) is 0 Å². The molecule has 16 heavy (non-hydrogen) atoms. The van der Waals surface area contributed by atoms with Gasteiger partial charge in [0, 0.05) is 21.7 Å². The first-order valence-electron chi connectivity index (χ1n) is 5.53. The molecule has 1 atom stereocenters. The summed E-state index contributed by atoms with van der Waals surface area (Å²) in [5.74, 6) is 0.0186.